The molecule has 1 aromatic heterocycles. The van der Waals surface area contributed by atoms with Crippen molar-refractivity contribution in [3.05, 3.63) is 69.7 Å². The molecule has 6 heteroatoms. The SMILES string of the molecule is CC[NH+](CC)CC.CN1/C(=C/c2sc3ccc4ccccc4c3[n+]2C)Sc2ccc(Cl)cc21. The van der Waals surface area contributed by atoms with Crippen molar-refractivity contribution in [2.75, 3.05) is 31.6 Å². The Balaban J connectivity index is 0.000000325. The Morgan fingerprint density at radius 3 is 2.42 bits per heavy atom. The fourth-order valence-electron chi connectivity index (χ4n) is 4.20. The number of nitrogens with zero attached hydrogens (tertiary/aromatic N) is 2. The van der Waals surface area contributed by atoms with E-state index in [0.29, 0.717) is 0 Å². The quantitative estimate of drug-likeness (QED) is 0.347. The summed E-state index contributed by atoms with van der Waals surface area (Å²) < 4.78 is 3.61. The third kappa shape index (κ3) is 4.92. The fraction of sp³-hybridized carbons (Fsp3) is 0.296. The number of nitrogens with one attached hydrogen (secondary N) is 1. The van der Waals surface area contributed by atoms with Gasteiger partial charge in [-0.1, -0.05) is 59.0 Å². The standard InChI is InChI=1S/C21H16ClN2S2.C6H15N/c1-23-16-11-14(22)8-10-17(16)25-19(23)12-20-24(2)21-15-6-4-3-5-13(15)7-9-18(21)26-20;1-4-7(5-2)6-3/h3-12H,1-2H3;4-6H2,1-3H3/q+1;/p+1. The van der Waals surface area contributed by atoms with E-state index >= 15 is 0 Å². The van der Waals surface area contributed by atoms with Gasteiger partial charge in [0.15, 0.2) is 0 Å². The number of aromatic nitrogens is 1. The molecule has 1 aliphatic heterocycles. The van der Waals surface area contributed by atoms with Gasteiger partial charge in [-0.3, -0.25) is 0 Å². The highest BCUT2D eigenvalue weighted by Gasteiger charge is 2.25. The average molecular weight is 498 g/mol. The van der Waals surface area contributed by atoms with Gasteiger partial charge < -0.3 is 9.80 Å². The Morgan fingerprint density at radius 1 is 1.00 bits per heavy atom. The number of thiazole rings is 1. The number of benzene rings is 3. The van der Waals surface area contributed by atoms with Crippen LogP contribution in [0.2, 0.25) is 5.02 Å². The highest BCUT2D eigenvalue weighted by atomic mass is 35.5. The van der Waals surface area contributed by atoms with Crippen molar-refractivity contribution >= 4 is 67.5 Å². The van der Waals surface area contributed by atoms with Crippen LogP contribution in [0.3, 0.4) is 0 Å². The van der Waals surface area contributed by atoms with Gasteiger partial charge in [0.2, 0.25) is 5.52 Å². The number of halogens is 1. The normalized spacial score (nSPS) is 14.3. The van der Waals surface area contributed by atoms with Gasteiger partial charge in [0, 0.05) is 17.0 Å². The lowest BCUT2D eigenvalue weighted by Gasteiger charge is -2.12. The summed E-state index contributed by atoms with van der Waals surface area (Å²) in [6.45, 7) is 10.5. The second-order valence-electron chi connectivity index (χ2n) is 8.20. The molecule has 1 N–H and O–H groups in total. The predicted molar refractivity (Wildman–Crippen MR) is 147 cm³/mol. The van der Waals surface area contributed by atoms with Crippen LogP contribution in [0.1, 0.15) is 25.8 Å². The minimum Gasteiger partial charge on any atom is -0.338 e. The Morgan fingerprint density at radius 2 is 1.73 bits per heavy atom. The van der Waals surface area contributed by atoms with E-state index in [1.807, 2.05) is 23.5 Å². The third-order valence-corrected chi connectivity index (χ3v) is 8.87. The first-order chi connectivity index (χ1) is 16.0. The van der Waals surface area contributed by atoms with E-state index < -0.39 is 0 Å². The molecule has 1 aliphatic rings. The van der Waals surface area contributed by atoms with Gasteiger partial charge in [0.25, 0.3) is 5.01 Å². The Bertz CT molecular complexity index is 1300. The number of anilines is 1. The predicted octanol–water partition coefficient (Wildman–Crippen LogP) is 6.00. The zero-order chi connectivity index (χ0) is 23.5. The summed E-state index contributed by atoms with van der Waals surface area (Å²) in [5, 5.41) is 5.81. The van der Waals surface area contributed by atoms with Crippen LogP contribution in [0.4, 0.5) is 5.69 Å². The lowest BCUT2D eigenvalue weighted by molar-refractivity contribution is -0.894. The monoisotopic (exact) mass is 497 g/mol. The van der Waals surface area contributed by atoms with Crippen LogP contribution >= 0.6 is 34.7 Å². The van der Waals surface area contributed by atoms with Crippen molar-refractivity contribution in [2.45, 2.75) is 25.7 Å². The Kier molecular flexibility index (Phi) is 7.65. The second kappa shape index (κ2) is 10.5. The van der Waals surface area contributed by atoms with Crippen LogP contribution in [0, 0.1) is 0 Å². The van der Waals surface area contributed by atoms with Crippen LogP contribution < -0.4 is 14.4 Å². The molecule has 0 amide bonds. The third-order valence-electron chi connectivity index (χ3n) is 6.32. The molecule has 3 nitrogen and oxygen atoms in total. The molecule has 4 aromatic rings. The molecule has 172 valence electrons. The largest absolute Gasteiger partial charge is 0.338 e. The molecule has 0 radical (unpaired) electrons. The zero-order valence-electron chi connectivity index (χ0n) is 20.0. The van der Waals surface area contributed by atoms with Crippen LogP contribution in [0.15, 0.2) is 64.5 Å². The van der Waals surface area contributed by atoms with Gasteiger partial charge >= 0.3 is 0 Å². The van der Waals surface area contributed by atoms with E-state index in [9.17, 15) is 0 Å². The highest BCUT2D eigenvalue weighted by molar-refractivity contribution is 8.03. The maximum absolute atomic E-state index is 6.17. The average Bonchev–Trinajstić information content (AvgIpc) is 3.32. The zero-order valence-corrected chi connectivity index (χ0v) is 22.4. The lowest BCUT2D eigenvalue weighted by atomic mass is 10.1. The van der Waals surface area contributed by atoms with Crippen molar-refractivity contribution in [3.8, 4) is 0 Å². The van der Waals surface area contributed by atoms with Gasteiger partial charge in [-0.05, 0) is 56.5 Å². The van der Waals surface area contributed by atoms with E-state index in [2.05, 4.69) is 92.9 Å². The van der Waals surface area contributed by atoms with Crippen LogP contribution in [-0.2, 0) is 7.05 Å². The molecule has 0 fully saturated rings. The summed E-state index contributed by atoms with van der Waals surface area (Å²) in [7, 11) is 4.25. The van der Waals surface area contributed by atoms with Gasteiger partial charge in [0.05, 0.1) is 41.8 Å². The van der Waals surface area contributed by atoms with E-state index in [4.69, 9.17) is 11.6 Å². The first-order valence-electron chi connectivity index (χ1n) is 11.5. The fourth-order valence-corrected chi connectivity index (χ4v) is 6.61. The van der Waals surface area contributed by atoms with Gasteiger partial charge in [-0.2, -0.15) is 4.57 Å². The Hall–Kier alpha value is -2.05. The number of quaternary nitrogens is 1. The molecule has 0 atom stereocenters. The summed E-state index contributed by atoms with van der Waals surface area (Å²) in [5.41, 5.74) is 2.47. The van der Waals surface area contributed by atoms with Gasteiger partial charge in [0.1, 0.15) is 11.7 Å². The molecule has 0 unspecified atom stereocenters. The molecule has 33 heavy (non-hydrogen) atoms. The molecule has 3 aromatic carbocycles. The topological polar surface area (TPSA) is 11.6 Å². The molecule has 0 saturated heterocycles. The van der Waals surface area contributed by atoms with Crippen LogP contribution in [0.5, 0.6) is 0 Å². The van der Waals surface area contributed by atoms with Gasteiger partial charge in [-0.25, -0.2) is 0 Å². The number of fused-ring (bicyclic) bond motifs is 4. The maximum atomic E-state index is 6.17. The summed E-state index contributed by atoms with van der Waals surface area (Å²) in [6.07, 6.45) is 2.28. The van der Waals surface area contributed by atoms with Crippen molar-refractivity contribution < 1.29 is 9.47 Å². The number of rotatable bonds is 4. The molecular weight excluding hydrogens is 466 g/mol. The number of thioether (sulfide) groups is 1. The molecule has 5 rings (SSSR count). The smallest absolute Gasteiger partial charge is 0.265 e. The molecular formula is C27H32ClN3S2+2. The minimum atomic E-state index is 0.774. The van der Waals surface area contributed by atoms with E-state index in [1.165, 1.54) is 61.2 Å². The van der Waals surface area contributed by atoms with E-state index in [0.717, 1.165) is 5.02 Å². The molecule has 0 spiro atoms. The number of hydrogen-bond donors (Lipinski definition) is 1. The molecule has 0 aliphatic carbocycles. The number of aryl methyl sites for hydroxylation is 1. The molecule has 2 heterocycles. The minimum absolute atomic E-state index is 0.774. The number of hydrogen-bond acceptors (Lipinski definition) is 3. The van der Waals surface area contributed by atoms with Crippen molar-refractivity contribution in [2.24, 2.45) is 7.05 Å². The second-order valence-corrected chi connectivity index (χ2v) is 10.8. The summed E-state index contributed by atoms with van der Waals surface area (Å²) >= 11 is 9.80. The Labute approximate surface area is 210 Å². The van der Waals surface area contributed by atoms with Crippen molar-refractivity contribution in [1.29, 1.82) is 0 Å². The van der Waals surface area contributed by atoms with Crippen LogP contribution in [0.25, 0.3) is 27.1 Å². The molecule has 0 saturated carbocycles. The first kappa shape index (κ1) is 24.1. The maximum Gasteiger partial charge on any atom is 0.265 e. The van der Waals surface area contributed by atoms with E-state index in [1.54, 1.807) is 16.7 Å². The highest BCUT2D eigenvalue weighted by Crippen LogP contribution is 2.46. The summed E-state index contributed by atoms with van der Waals surface area (Å²) in [4.78, 5) is 5.14. The van der Waals surface area contributed by atoms with E-state index in [-0.39, 0.29) is 0 Å². The molecule has 0 bridgehead atoms. The summed E-state index contributed by atoms with van der Waals surface area (Å²) in [6, 6.07) is 19.1. The summed E-state index contributed by atoms with van der Waals surface area (Å²) in [5.74, 6) is 0. The lowest BCUT2D eigenvalue weighted by Crippen LogP contribution is -3.11. The van der Waals surface area contributed by atoms with Crippen molar-refractivity contribution in [3.63, 3.8) is 0 Å². The van der Waals surface area contributed by atoms with Crippen molar-refractivity contribution in [1.82, 2.24) is 0 Å². The van der Waals surface area contributed by atoms with Crippen LogP contribution in [-0.4, -0.2) is 26.7 Å². The first-order valence-corrected chi connectivity index (χ1v) is 13.5. The van der Waals surface area contributed by atoms with Gasteiger partial charge in [-0.15, -0.1) is 0 Å².